The molecule has 0 spiro atoms. The van der Waals surface area contributed by atoms with Gasteiger partial charge in [0.1, 0.15) is 5.75 Å². The zero-order valence-corrected chi connectivity index (χ0v) is 17.1. The third-order valence-corrected chi connectivity index (χ3v) is 5.41. The van der Waals surface area contributed by atoms with Gasteiger partial charge in [0.05, 0.1) is 7.11 Å². The van der Waals surface area contributed by atoms with Gasteiger partial charge in [-0.3, -0.25) is 9.59 Å². The van der Waals surface area contributed by atoms with Crippen LogP contribution in [0.15, 0.2) is 42.5 Å². The Morgan fingerprint density at radius 1 is 1.11 bits per heavy atom. The van der Waals surface area contributed by atoms with Crippen LogP contribution in [0.3, 0.4) is 0 Å². The van der Waals surface area contributed by atoms with Crippen molar-refractivity contribution in [2.75, 3.05) is 39.2 Å². The van der Waals surface area contributed by atoms with Gasteiger partial charge in [-0.05, 0) is 67.8 Å². The van der Waals surface area contributed by atoms with E-state index in [9.17, 15) is 9.59 Å². The summed E-state index contributed by atoms with van der Waals surface area (Å²) in [7, 11) is 5.56. The number of ketones is 1. The van der Waals surface area contributed by atoms with Gasteiger partial charge in [-0.15, -0.1) is 0 Å². The second-order valence-electron chi connectivity index (χ2n) is 7.58. The molecule has 0 aliphatic carbocycles. The minimum Gasteiger partial charge on any atom is -0.497 e. The van der Waals surface area contributed by atoms with E-state index in [-0.39, 0.29) is 17.6 Å². The molecule has 1 heterocycles. The van der Waals surface area contributed by atoms with Crippen molar-refractivity contribution in [2.24, 2.45) is 5.92 Å². The lowest BCUT2D eigenvalue weighted by Crippen LogP contribution is -2.42. The summed E-state index contributed by atoms with van der Waals surface area (Å²) in [5.41, 5.74) is 3.35. The van der Waals surface area contributed by atoms with Crippen LogP contribution in [-0.2, 0) is 0 Å². The Balaban J connectivity index is 1.72. The molecule has 5 nitrogen and oxygen atoms in total. The number of methoxy groups -OCH3 is 1. The molecule has 2 aromatic carbocycles. The summed E-state index contributed by atoms with van der Waals surface area (Å²) in [6.07, 6.45) is 1.65. The first-order valence-electron chi connectivity index (χ1n) is 9.66. The molecule has 5 heteroatoms. The Bertz CT molecular complexity index is 859. The summed E-state index contributed by atoms with van der Waals surface area (Å²) in [6, 6.07) is 13.1. The van der Waals surface area contributed by atoms with Gasteiger partial charge in [0.15, 0.2) is 5.78 Å². The minimum absolute atomic E-state index is 0.00532. The van der Waals surface area contributed by atoms with Crippen LogP contribution < -0.4 is 9.64 Å². The van der Waals surface area contributed by atoms with E-state index in [2.05, 4.69) is 0 Å². The second kappa shape index (κ2) is 8.46. The summed E-state index contributed by atoms with van der Waals surface area (Å²) in [6.45, 7) is 3.09. The van der Waals surface area contributed by atoms with Crippen LogP contribution in [0.5, 0.6) is 5.75 Å². The van der Waals surface area contributed by atoms with Crippen LogP contribution in [0.1, 0.15) is 39.1 Å². The minimum atomic E-state index is -0.161. The molecule has 0 bridgehead atoms. The molecule has 0 N–H and O–H groups in total. The van der Waals surface area contributed by atoms with Gasteiger partial charge < -0.3 is 14.5 Å². The van der Waals surface area contributed by atoms with Crippen molar-refractivity contribution in [2.45, 2.75) is 19.8 Å². The molecule has 0 saturated carbocycles. The molecular formula is C23H28N2O3. The van der Waals surface area contributed by atoms with Gasteiger partial charge in [-0.1, -0.05) is 0 Å². The number of benzene rings is 2. The molecule has 1 aliphatic heterocycles. The fraction of sp³-hybridized carbons (Fsp3) is 0.391. The molecule has 3 rings (SSSR count). The molecule has 1 saturated heterocycles. The predicted octanol–water partition coefficient (Wildman–Crippen LogP) is 3.80. The highest BCUT2D eigenvalue weighted by molar-refractivity contribution is 6.00. The number of anilines is 1. The molecule has 1 amide bonds. The summed E-state index contributed by atoms with van der Waals surface area (Å²) < 4.78 is 5.23. The maximum atomic E-state index is 13.1. The van der Waals surface area contributed by atoms with Crippen LogP contribution in [0, 0.1) is 12.8 Å². The fourth-order valence-corrected chi connectivity index (χ4v) is 3.72. The maximum absolute atomic E-state index is 13.1. The molecule has 0 radical (unpaired) electrons. The molecule has 148 valence electrons. The number of hydrogen-bond donors (Lipinski definition) is 0. The average Bonchev–Trinajstić information content (AvgIpc) is 2.72. The first kappa shape index (κ1) is 19.9. The van der Waals surface area contributed by atoms with Crippen molar-refractivity contribution in [3.05, 3.63) is 59.2 Å². The number of carbonyl (C=O) groups excluding carboxylic acids is 2. The third kappa shape index (κ3) is 4.19. The fourth-order valence-electron chi connectivity index (χ4n) is 3.72. The van der Waals surface area contributed by atoms with Crippen molar-refractivity contribution >= 4 is 17.4 Å². The summed E-state index contributed by atoms with van der Waals surface area (Å²) in [5.74, 6) is 0.691. The average molecular weight is 380 g/mol. The van der Waals surface area contributed by atoms with Crippen LogP contribution in [0.4, 0.5) is 5.69 Å². The number of carbonyl (C=O) groups is 2. The maximum Gasteiger partial charge on any atom is 0.253 e. The first-order valence-corrected chi connectivity index (χ1v) is 9.66. The van der Waals surface area contributed by atoms with Gasteiger partial charge >= 0.3 is 0 Å². The van der Waals surface area contributed by atoms with Gasteiger partial charge in [-0.2, -0.15) is 0 Å². The van der Waals surface area contributed by atoms with E-state index in [4.69, 9.17) is 4.74 Å². The summed E-state index contributed by atoms with van der Waals surface area (Å²) in [4.78, 5) is 29.8. The SMILES string of the molecule is COc1ccc(C(=O)[C@@H]2CCCN(C(=O)c3ccc(N(C)C)cc3)C2)c(C)c1. The predicted molar refractivity (Wildman–Crippen MR) is 111 cm³/mol. The number of likely N-dealkylation sites (tertiary alicyclic amines) is 1. The lowest BCUT2D eigenvalue weighted by atomic mass is 9.88. The smallest absolute Gasteiger partial charge is 0.253 e. The lowest BCUT2D eigenvalue weighted by Gasteiger charge is -2.32. The van der Waals surface area contributed by atoms with Crippen molar-refractivity contribution in [3.63, 3.8) is 0 Å². The Hall–Kier alpha value is -2.82. The number of Topliss-reactive ketones (excluding diaryl/α,β-unsaturated/α-hetero) is 1. The van der Waals surface area contributed by atoms with Gasteiger partial charge in [0.2, 0.25) is 0 Å². The zero-order valence-electron chi connectivity index (χ0n) is 17.1. The van der Waals surface area contributed by atoms with Crippen molar-refractivity contribution in [1.29, 1.82) is 0 Å². The van der Waals surface area contributed by atoms with E-state index in [0.29, 0.717) is 18.7 Å². The lowest BCUT2D eigenvalue weighted by molar-refractivity contribution is 0.0637. The number of nitrogens with zero attached hydrogens (tertiary/aromatic N) is 2. The number of ether oxygens (including phenoxy) is 1. The molecule has 1 fully saturated rings. The number of hydrogen-bond acceptors (Lipinski definition) is 4. The Morgan fingerprint density at radius 2 is 1.82 bits per heavy atom. The van der Waals surface area contributed by atoms with Crippen molar-refractivity contribution in [1.82, 2.24) is 4.90 Å². The normalized spacial score (nSPS) is 16.6. The Kier molecular flexibility index (Phi) is 6.02. The first-order chi connectivity index (χ1) is 13.4. The van der Waals surface area contributed by atoms with E-state index in [1.807, 2.05) is 73.3 Å². The third-order valence-electron chi connectivity index (χ3n) is 5.41. The standard InChI is InChI=1S/C23H28N2O3/c1-16-14-20(28-4)11-12-21(16)22(26)18-6-5-13-25(15-18)23(27)17-7-9-19(10-8-17)24(2)3/h7-12,14,18H,5-6,13,15H2,1-4H3/t18-/m1/s1. The second-order valence-corrected chi connectivity index (χ2v) is 7.58. The van der Waals surface area contributed by atoms with Gasteiger partial charge in [-0.25, -0.2) is 0 Å². The highest BCUT2D eigenvalue weighted by Crippen LogP contribution is 2.26. The molecule has 0 unspecified atom stereocenters. The highest BCUT2D eigenvalue weighted by atomic mass is 16.5. The quantitative estimate of drug-likeness (QED) is 0.740. The largest absolute Gasteiger partial charge is 0.497 e. The Labute approximate surface area is 166 Å². The van der Waals surface area contributed by atoms with Crippen LogP contribution in [0.2, 0.25) is 0 Å². The number of amides is 1. The molecule has 0 aromatic heterocycles. The molecule has 2 aromatic rings. The number of aryl methyl sites for hydroxylation is 1. The molecular weight excluding hydrogens is 352 g/mol. The summed E-state index contributed by atoms with van der Waals surface area (Å²) in [5, 5.41) is 0. The monoisotopic (exact) mass is 380 g/mol. The van der Waals surface area contributed by atoms with Crippen molar-refractivity contribution < 1.29 is 14.3 Å². The van der Waals surface area contributed by atoms with Crippen LogP contribution in [-0.4, -0.2) is 50.9 Å². The Morgan fingerprint density at radius 3 is 2.43 bits per heavy atom. The van der Waals surface area contributed by atoms with E-state index in [1.165, 1.54) is 0 Å². The van der Waals surface area contributed by atoms with Crippen LogP contribution >= 0.6 is 0 Å². The van der Waals surface area contributed by atoms with Gasteiger partial charge in [0.25, 0.3) is 5.91 Å². The van der Waals surface area contributed by atoms with E-state index < -0.39 is 0 Å². The van der Waals surface area contributed by atoms with E-state index in [1.54, 1.807) is 7.11 Å². The molecule has 1 atom stereocenters. The van der Waals surface area contributed by atoms with E-state index >= 15 is 0 Å². The van der Waals surface area contributed by atoms with Gasteiger partial charge in [0, 0.05) is 49.9 Å². The highest BCUT2D eigenvalue weighted by Gasteiger charge is 2.30. The van der Waals surface area contributed by atoms with Crippen LogP contribution in [0.25, 0.3) is 0 Å². The summed E-state index contributed by atoms with van der Waals surface area (Å²) >= 11 is 0. The topological polar surface area (TPSA) is 49.9 Å². The number of piperidine rings is 1. The molecule has 28 heavy (non-hydrogen) atoms. The molecule has 1 aliphatic rings. The van der Waals surface area contributed by atoms with Crippen molar-refractivity contribution in [3.8, 4) is 5.75 Å². The van der Waals surface area contributed by atoms with E-state index in [0.717, 1.165) is 35.4 Å². The zero-order chi connectivity index (χ0) is 20.3. The number of rotatable bonds is 5.